The quantitative estimate of drug-likeness (QED) is 0.805. The summed E-state index contributed by atoms with van der Waals surface area (Å²) in [7, 11) is 0. The van der Waals surface area contributed by atoms with Gasteiger partial charge >= 0.3 is 5.97 Å². The molecule has 0 aromatic carbocycles. The minimum absolute atomic E-state index is 0.0271. The van der Waals surface area contributed by atoms with E-state index >= 15 is 0 Å². The average molecular weight is 213 g/mol. The number of carbonyl (C=O) groups is 1. The molecule has 0 saturated heterocycles. The summed E-state index contributed by atoms with van der Waals surface area (Å²) < 4.78 is 4.05. The zero-order valence-corrected chi connectivity index (χ0v) is 8.62. The van der Waals surface area contributed by atoms with Gasteiger partial charge < -0.3 is 10.0 Å². The van der Waals surface area contributed by atoms with Gasteiger partial charge in [-0.25, -0.2) is 4.98 Å². The van der Waals surface area contributed by atoms with Crippen molar-refractivity contribution >= 4 is 22.6 Å². The number of aryl methyl sites for hydroxylation is 1. The molecule has 1 heterocycles. The number of hydrogen-bond donors (Lipinski definition) is 1. The van der Waals surface area contributed by atoms with Crippen LogP contribution in [0.15, 0.2) is 0 Å². The fourth-order valence-electron chi connectivity index (χ4n) is 1.29. The number of aliphatic carboxylic acids is 1. The molecule has 0 bridgehead atoms. The van der Waals surface area contributed by atoms with Gasteiger partial charge in [-0.2, -0.15) is 4.37 Å². The molecule has 1 N–H and O–H groups in total. The molecule has 5 nitrogen and oxygen atoms in total. The lowest BCUT2D eigenvalue weighted by Crippen LogP contribution is -2.31. The third-order valence-corrected chi connectivity index (χ3v) is 2.90. The maximum atomic E-state index is 10.6. The predicted molar refractivity (Wildman–Crippen MR) is 52.6 cm³/mol. The summed E-state index contributed by atoms with van der Waals surface area (Å²) in [6.45, 7) is 1.84. The van der Waals surface area contributed by atoms with Crippen LogP contribution in [0.2, 0.25) is 0 Å². The van der Waals surface area contributed by atoms with E-state index in [2.05, 4.69) is 9.36 Å². The van der Waals surface area contributed by atoms with E-state index in [9.17, 15) is 4.79 Å². The van der Waals surface area contributed by atoms with E-state index in [-0.39, 0.29) is 6.54 Å². The Labute approximate surface area is 85.6 Å². The van der Waals surface area contributed by atoms with Crippen LogP contribution in [0.25, 0.3) is 0 Å². The molecule has 76 valence electrons. The highest BCUT2D eigenvalue weighted by molar-refractivity contribution is 7.09. The van der Waals surface area contributed by atoms with Gasteiger partial charge in [0.1, 0.15) is 12.4 Å². The predicted octanol–water partition coefficient (Wildman–Crippen LogP) is 0.900. The molecule has 0 amide bonds. The van der Waals surface area contributed by atoms with Gasteiger partial charge in [0.15, 0.2) is 0 Å². The second-order valence-corrected chi connectivity index (χ2v) is 4.11. The maximum absolute atomic E-state index is 10.6. The van der Waals surface area contributed by atoms with Crippen molar-refractivity contribution in [1.29, 1.82) is 0 Å². The van der Waals surface area contributed by atoms with E-state index in [0.29, 0.717) is 11.9 Å². The van der Waals surface area contributed by atoms with Crippen LogP contribution in [-0.4, -0.2) is 33.0 Å². The molecule has 1 aromatic rings. The highest BCUT2D eigenvalue weighted by Crippen LogP contribution is 2.32. The Morgan fingerprint density at radius 2 is 2.43 bits per heavy atom. The SMILES string of the molecule is Cc1nsc(N(CC(=O)O)C2CC2)n1. The Hall–Kier alpha value is -1.17. The van der Waals surface area contributed by atoms with Gasteiger partial charge in [-0.3, -0.25) is 4.79 Å². The summed E-state index contributed by atoms with van der Waals surface area (Å²) in [6.07, 6.45) is 2.12. The van der Waals surface area contributed by atoms with Gasteiger partial charge in [-0.15, -0.1) is 0 Å². The second-order valence-electron chi connectivity index (χ2n) is 3.38. The summed E-state index contributed by atoms with van der Waals surface area (Å²) in [4.78, 5) is 16.7. The van der Waals surface area contributed by atoms with Crippen molar-refractivity contribution in [2.45, 2.75) is 25.8 Å². The number of hydrogen-bond acceptors (Lipinski definition) is 5. The van der Waals surface area contributed by atoms with E-state index in [1.165, 1.54) is 11.5 Å². The molecular formula is C8H11N3O2S. The van der Waals surface area contributed by atoms with Crippen LogP contribution in [0.3, 0.4) is 0 Å². The largest absolute Gasteiger partial charge is 0.480 e. The lowest BCUT2D eigenvalue weighted by atomic mass is 10.5. The number of rotatable bonds is 4. The van der Waals surface area contributed by atoms with Crippen molar-refractivity contribution in [3.8, 4) is 0 Å². The highest BCUT2D eigenvalue weighted by Gasteiger charge is 2.32. The first-order valence-corrected chi connectivity index (χ1v) is 5.23. The highest BCUT2D eigenvalue weighted by atomic mass is 32.1. The Morgan fingerprint density at radius 3 is 2.86 bits per heavy atom. The fourth-order valence-corrected chi connectivity index (χ4v) is 2.03. The molecule has 6 heteroatoms. The number of carboxylic acid groups (broad SMARTS) is 1. The number of aromatic nitrogens is 2. The topological polar surface area (TPSA) is 66.3 Å². The monoisotopic (exact) mass is 213 g/mol. The van der Waals surface area contributed by atoms with Gasteiger partial charge in [0.05, 0.1) is 0 Å². The third kappa shape index (κ3) is 2.01. The zero-order valence-electron chi connectivity index (χ0n) is 7.80. The van der Waals surface area contributed by atoms with E-state index in [4.69, 9.17) is 5.11 Å². The van der Waals surface area contributed by atoms with E-state index in [0.717, 1.165) is 18.0 Å². The molecule has 1 aromatic heterocycles. The zero-order chi connectivity index (χ0) is 10.1. The van der Waals surface area contributed by atoms with Crippen LogP contribution < -0.4 is 4.90 Å². The molecule has 1 saturated carbocycles. The number of carboxylic acids is 1. The van der Waals surface area contributed by atoms with Gasteiger partial charge in [-0.05, 0) is 19.8 Å². The summed E-state index contributed by atoms with van der Waals surface area (Å²) in [5, 5.41) is 9.47. The molecule has 1 fully saturated rings. The standard InChI is InChI=1S/C8H11N3O2S/c1-5-9-8(14-10-5)11(4-7(12)13)6-2-3-6/h6H,2-4H2,1H3,(H,12,13). The molecule has 0 spiro atoms. The second kappa shape index (κ2) is 3.53. The number of nitrogens with zero attached hydrogens (tertiary/aromatic N) is 3. The Bertz CT molecular complexity index is 348. The van der Waals surface area contributed by atoms with Crippen LogP contribution >= 0.6 is 11.5 Å². The minimum atomic E-state index is -0.815. The van der Waals surface area contributed by atoms with Crippen LogP contribution in [0, 0.1) is 6.92 Å². The van der Waals surface area contributed by atoms with E-state index in [1.807, 2.05) is 11.8 Å². The first-order chi connectivity index (χ1) is 6.66. The Balaban J connectivity index is 2.13. The maximum Gasteiger partial charge on any atom is 0.323 e. The number of anilines is 1. The van der Waals surface area contributed by atoms with Crippen LogP contribution in [0.1, 0.15) is 18.7 Å². The van der Waals surface area contributed by atoms with Crippen molar-refractivity contribution in [2.24, 2.45) is 0 Å². The molecule has 0 unspecified atom stereocenters. The van der Waals surface area contributed by atoms with Gasteiger partial charge in [0, 0.05) is 17.6 Å². The van der Waals surface area contributed by atoms with E-state index < -0.39 is 5.97 Å². The average Bonchev–Trinajstić information content (AvgIpc) is 2.85. The van der Waals surface area contributed by atoms with Gasteiger partial charge in [0.25, 0.3) is 0 Å². The lowest BCUT2D eigenvalue weighted by molar-refractivity contribution is -0.135. The first kappa shape index (κ1) is 9.39. The van der Waals surface area contributed by atoms with Crippen molar-refractivity contribution in [1.82, 2.24) is 9.36 Å². The Kier molecular flexibility index (Phi) is 2.37. The molecule has 1 aliphatic rings. The molecule has 0 atom stereocenters. The van der Waals surface area contributed by atoms with Crippen molar-refractivity contribution in [2.75, 3.05) is 11.4 Å². The van der Waals surface area contributed by atoms with Crippen LogP contribution in [0.5, 0.6) is 0 Å². The molecule has 0 aliphatic heterocycles. The fraction of sp³-hybridized carbons (Fsp3) is 0.625. The van der Waals surface area contributed by atoms with Gasteiger partial charge in [0.2, 0.25) is 5.13 Å². The van der Waals surface area contributed by atoms with Crippen molar-refractivity contribution in [3.05, 3.63) is 5.82 Å². The van der Waals surface area contributed by atoms with E-state index in [1.54, 1.807) is 0 Å². The smallest absolute Gasteiger partial charge is 0.323 e. The van der Waals surface area contributed by atoms with Crippen LogP contribution in [-0.2, 0) is 4.79 Å². The van der Waals surface area contributed by atoms with Crippen molar-refractivity contribution < 1.29 is 9.90 Å². The van der Waals surface area contributed by atoms with Gasteiger partial charge in [-0.1, -0.05) is 0 Å². The first-order valence-electron chi connectivity index (χ1n) is 4.45. The Morgan fingerprint density at radius 1 is 1.71 bits per heavy atom. The molecule has 0 radical (unpaired) electrons. The van der Waals surface area contributed by atoms with Crippen LogP contribution in [0.4, 0.5) is 5.13 Å². The molecular weight excluding hydrogens is 202 g/mol. The third-order valence-electron chi connectivity index (χ3n) is 2.06. The minimum Gasteiger partial charge on any atom is -0.480 e. The summed E-state index contributed by atoms with van der Waals surface area (Å²) in [5.41, 5.74) is 0. The summed E-state index contributed by atoms with van der Waals surface area (Å²) in [6, 6.07) is 0.360. The summed E-state index contributed by atoms with van der Waals surface area (Å²) in [5.74, 6) is -0.106. The molecule has 14 heavy (non-hydrogen) atoms. The van der Waals surface area contributed by atoms with Crippen molar-refractivity contribution in [3.63, 3.8) is 0 Å². The summed E-state index contributed by atoms with van der Waals surface area (Å²) >= 11 is 1.27. The lowest BCUT2D eigenvalue weighted by Gasteiger charge is -2.17. The molecule has 2 rings (SSSR count). The normalized spacial score (nSPS) is 15.5. The molecule has 1 aliphatic carbocycles.